The van der Waals surface area contributed by atoms with Gasteiger partial charge in [0.25, 0.3) is 0 Å². The molecule has 1 saturated heterocycles. The maximum absolute atomic E-state index is 12.3. The minimum atomic E-state index is -1.16. The number of nitrogens with one attached hydrogen (secondary N) is 2. The summed E-state index contributed by atoms with van der Waals surface area (Å²) in [6.07, 6.45) is 1.57. The number of benzene rings is 1. The molecule has 1 atom stereocenters. The predicted molar refractivity (Wildman–Crippen MR) is 84.0 cm³/mol. The van der Waals surface area contributed by atoms with E-state index in [1.165, 1.54) is 0 Å². The van der Waals surface area contributed by atoms with Gasteiger partial charge in [0.2, 0.25) is 11.8 Å². The van der Waals surface area contributed by atoms with Crippen LogP contribution in [0.3, 0.4) is 0 Å². The summed E-state index contributed by atoms with van der Waals surface area (Å²) in [4.78, 5) is 24.2. The van der Waals surface area contributed by atoms with E-state index in [-0.39, 0.29) is 24.2 Å². The van der Waals surface area contributed by atoms with Gasteiger partial charge in [0.1, 0.15) is 5.54 Å². The van der Waals surface area contributed by atoms with E-state index in [1.54, 1.807) is 19.1 Å². The molecule has 1 fully saturated rings. The Kier molecular flexibility index (Phi) is 6.18. The molecule has 1 aromatic carbocycles. The van der Waals surface area contributed by atoms with Crippen molar-refractivity contribution in [2.24, 2.45) is 11.7 Å². The fourth-order valence-electron chi connectivity index (χ4n) is 2.48. The maximum atomic E-state index is 12.3. The van der Waals surface area contributed by atoms with Gasteiger partial charge in [-0.1, -0.05) is 30.3 Å². The molecule has 1 aliphatic rings. The SMILES string of the molecule is CC(NC(=O)C1CCNCC1)(C(N)=O)c1ccccc1.Cl. The number of primary amides is 1. The Hall–Kier alpha value is -1.59. The molecule has 0 radical (unpaired) electrons. The monoisotopic (exact) mass is 311 g/mol. The van der Waals surface area contributed by atoms with Crippen LogP contribution in [0.15, 0.2) is 30.3 Å². The van der Waals surface area contributed by atoms with Crippen LogP contribution < -0.4 is 16.4 Å². The van der Waals surface area contributed by atoms with Crippen molar-refractivity contribution >= 4 is 24.2 Å². The summed E-state index contributed by atoms with van der Waals surface area (Å²) in [6, 6.07) is 9.11. The normalized spacial score (nSPS) is 18.1. The lowest BCUT2D eigenvalue weighted by Crippen LogP contribution is -2.55. The van der Waals surface area contributed by atoms with E-state index in [9.17, 15) is 9.59 Å². The van der Waals surface area contributed by atoms with Crippen molar-refractivity contribution in [1.82, 2.24) is 10.6 Å². The topological polar surface area (TPSA) is 84.2 Å². The molecule has 2 amide bonds. The van der Waals surface area contributed by atoms with Crippen LogP contribution in [0.25, 0.3) is 0 Å². The molecule has 1 heterocycles. The van der Waals surface area contributed by atoms with E-state index in [1.807, 2.05) is 18.2 Å². The first-order valence-electron chi connectivity index (χ1n) is 6.92. The first kappa shape index (κ1) is 17.5. The largest absolute Gasteiger partial charge is 0.367 e. The molecule has 0 spiro atoms. The Labute approximate surface area is 131 Å². The smallest absolute Gasteiger partial charge is 0.247 e. The second-order valence-electron chi connectivity index (χ2n) is 5.37. The zero-order valence-electron chi connectivity index (χ0n) is 12.1. The number of halogens is 1. The Morgan fingerprint density at radius 3 is 2.33 bits per heavy atom. The maximum Gasteiger partial charge on any atom is 0.247 e. The highest BCUT2D eigenvalue weighted by Gasteiger charge is 2.36. The van der Waals surface area contributed by atoms with Crippen molar-refractivity contribution < 1.29 is 9.59 Å². The number of piperidine rings is 1. The highest BCUT2D eigenvalue weighted by Crippen LogP contribution is 2.22. The van der Waals surface area contributed by atoms with Gasteiger partial charge in [-0.2, -0.15) is 0 Å². The molecule has 1 unspecified atom stereocenters. The third-order valence-electron chi connectivity index (χ3n) is 3.93. The molecule has 0 bridgehead atoms. The van der Waals surface area contributed by atoms with E-state index in [2.05, 4.69) is 10.6 Å². The standard InChI is InChI=1S/C15H21N3O2.ClH/c1-15(14(16)20,12-5-3-2-4-6-12)18-13(19)11-7-9-17-10-8-11;/h2-6,11,17H,7-10H2,1H3,(H2,16,20)(H,18,19);1H. The molecule has 5 nitrogen and oxygen atoms in total. The van der Waals surface area contributed by atoms with E-state index in [0.717, 1.165) is 25.9 Å². The molecule has 2 rings (SSSR count). The number of nitrogens with two attached hydrogens (primary N) is 1. The molecule has 0 aliphatic carbocycles. The average molecular weight is 312 g/mol. The molecular weight excluding hydrogens is 290 g/mol. The van der Waals surface area contributed by atoms with Crippen LogP contribution in [0.2, 0.25) is 0 Å². The van der Waals surface area contributed by atoms with E-state index in [0.29, 0.717) is 5.56 Å². The lowest BCUT2D eigenvalue weighted by Gasteiger charge is -2.31. The minimum Gasteiger partial charge on any atom is -0.367 e. The lowest BCUT2D eigenvalue weighted by molar-refractivity contribution is -0.134. The van der Waals surface area contributed by atoms with Crippen LogP contribution in [0.1, 0.15) is 25.3 Å². The number of amides is 2. The molecule has 6 heteroatoms. The summed E-state index contributed by atoms with van der Waals surface area (Å²) in [7, 11) is 0. The number of carbonyl (C=O) groups is 2. The van der Waals surface area contributed by atoms with Gasteiger partial charge in [0.05, 0.1) is 0 Å². The van der Waals surface area contributed by atoms with Crippen LogP contribution in [0.5, 0.6) is 0 Å². The van der Waals surface area contributed by atoms with Crippen molar-refractivity contribution in [3.05, 3.63) is 35.9 Å². The fourth-order valence-corrected chi connectivity index (χ4v) is 2.48. The Bertz CT molecular complexity index is 489. The van der Waals surface area contributed by atoms with Crippen LogP contribution in [0, 0.1) is 5.92 Å². The van der Waals surface area contributed by atoms with Crippen LogP contribution in [-0.4, -0.2) is 24.9 Å². The highest BCUT2D eigenvalue weighted by atomic mass is 35.5. The third-order valence-corrected chi connectivity index (χ3v) is 3.93. The fraction of sp³-hybridized carbons (Fsp3) is 0.467. The second-order valence-corrected chi connectivity index (χ2v) is 5.37. The van der Waals surface area contributed by atoms with Gasteiger partial charge in [0, 0.05) is 5.92 Å². The summed E-state index contributed by atoms with van der Waals surface area (Å²) < 4.78 is 0. The summed E-state index contributed by atoms with van der Waals surface area (Å²) in [5.74, 6) is -0.707. The average Bonchev–Trinajstić information content (AvgIpc) is 2.48. The second kappa shape index (κ2) is 7.43. The summed E-state index contributed by atoms with van der Waals surface area (Å²) in [5, 5.41) is 6.05. The van der Waals surface area contributed by atoms with Crippen LogP contribution in [0.4, 0.5) is 0 Å². The summed E-state index contributed by atoms with van der Waals surface area (Å²) in [5.41, 5.74) is 5.05. The number of hydrogen-bond donors (Lipinski definition) is 3. The van der Waals surface area contributed by atoms with Gasteiger partial charge in [-0.3, -0.25) is 9.59 Å². The first-order valence-corrected chi connectivity index (χ1v) is 6.92. The Morgan fingerprint density at radius 2 is 1.81 bits per heavy atom. The first-order chi connectivity index (χ1) is 9.54. The van der Waals surface area contributed by atoms with Gasteiger partial charge < -0.3 is 16.4 Å². The molecule has 0 aromatic heterocycles. The molecule has 4 N–H and O–H groups in total. The van der Waals surface area contributed by atoms with Crippen molar-refractivity contribution in [2.45, 2.75) is 25.3 Å². The Balaban J connectivity index is 0.00000220. The van der Waals surface area contributed by atoms with Gasteiger partial charge in [0.15, 0.2) is 0 Å². The minimum absolute atomic E-state index is 0. The van der Waals surface area contributed by atoms with Crippen molar-refractivity contribution in [2.75, 3.05) is 13.1 Å². The van der Waals surface area contributed by atoms with Gasteiger partial charge in [-0.05, 0) is 38.4 Å². The van der Waals surface area contributed by atoms with Crippen molar-refractivity contribution in [1.29, 1.82) is 0 Å². The number of hydrogen-bond acceptors (Lipinski definition) is 3. The van der Waals surface area contributed by atoms with Crippen LogP contribution in [-0.2, 0) is 15.1 Å². The van der Waals surface area contributed by atoms with E-state index in [4.69, 9.17) is 5.73 Å². The van der Waals surface area contributed by atoms with Gasteiger partial charge in [-0.15, -0.1) is 12.4 Å². The summed E-state index contributed by atoms with van der Waals surface area (Å²) >= 11 is 0. The lowest BCUT2D eigenvalue weighted by atomic mass is 9.89. The highest BCUT2D eigenvalue weighted by molar-refractivity contribution is 5.91. The van der Waals surface area contributed by atoms with Gasteiger partial charge in [-0.25, -0.2) is 0 Å². The van der Waals surface area contributed by atoms with Crippen molar-refractivity contribution in [3.63, 3.8) is 0 Å². The third kappa shape index (κ3) is 3.95. The van der Waals surface area contributed by atoms with E-state index < -0.39 is 11.4 Å². The number of rotatable bonds is 4. The van der Waals surface area contributed by atoms with Crippen molar-refractivity contribution in [3.8, 4) is 0 Å². The number of carbonyl (C=O) groups excluding carboxylic acids is 2. The predicted octanol–water partition coefficient (Wildman–Crippen LogP) is 0.925. The van der Waals surface area contributed by atoms with Gasteiger partial charge >= 0.3 is 0 Å². The molecule has 116 valence electrons. The van der Waals surface area contributed by atoms with E-state index >= 15 is 0 Å². The quantitative estimate of drug-likeness (QED) is 0.773. The molecular formula is C15H22ClN3O2. The molecule has 1 aromatic rings. The molecule has 1 aliphatic heterocycles. The molecule has 0 saturated carbocycles. The molecule has 21 heavy (non-hydrogen) atoms. The zero-order valence-corrected chi connectivity index (χ0v) is 12.9. The summed E-state index contributed by atoms with van der Waals surface area (Å²) in [6.45, 7) is 3.32. The zero-order chi connectivity index (χ0) is 14.6. The van der Waals surface area contributed by atoms with Crippen LogP contribution >= 0.6 is 12.4 Å². The Morgan fingerprint density at radius 1 is 1.24 bits per heavy atom.